The van der Waals surface area contributed by atoms with Gasteiger partial charge in [0.1, 0.15) is 5.82 Å². The number of hydrogen-bond donors (Lipinski definition) is 2. The van der Waals surface area contributed by atoms with Gasteiger partial charge in [0.25, 0.3) is 0 Å². The van der Waals surface area contributed by atoms with E-state index in [1.807, 2.05) is 13.8 Å². The van der Waals surface area contributed by atoms with Gasteiger partial charge in [-0.05, 0) is 17.5 Å². The Labute approximate surface area is 113 Å². The summed E-state index contributed by atoms with van der Waals surface area (Å²) >= 11 is 5.77. The molecule has 0 amide bonds. The van der Waals surface area contributed by atoms with E-state index in [0.717, 1.165) is 12.8 Å². The highest BCUT2D eigenvalue weighted by molar-refractivity contribution is 6.30. The summed E-state index contributed by atoms with van der Waals surface area (Å²) in [5, 5.41) is 10.4. The highest BCUT2D eigenvalue weighted by Crippen LogP contribution is 2.31. The van der Waals surface area contributed by atoms with E-state index in [1.54, 1.807) is 12.1 Å². The van der Waals surface area contributed by atoms with Crippen molar-refractivity contribution in [1.82, 2.24) is 0 Å². The topological polar surface area (TPSA) is 46.2 Å². The molecule has 1 aromatic rings. The van der Waals surface area contributed by atoms with E-state index in [1.165, 1.54) is 6.07 Å². The minimum atomic E-state index is -0.641. The fourth-order valence-electron chi connectivity index (χ4n) is 2.36. The smallest absolute Gasteiger partial charge is 0.145 e. The van der Waals surface area contributed by atoms with Gasteiger partial charge in [-0.1, -0.05) is 50.4 Å². The number of nitrogens with two attached hydrogens (primary N) is 1. The minimum Gasteiger partial charge on any atom is -0.392 e. The summed E-state index contributed by atoms with van der Waals surface area (Å²) in [7, 11) is 0. The van der Waals surface area contributed by atoms with Crippen LogP contribution in [0.1, 0.15) is 38.2 Å². The molecule has 3 N–H and O–H groups in total. The Kier molecular flexibility index (Phi) is 6.06. The van der Waals surface area contributed by atoms with E-state index in [9.17, 15) is 9.50 Å². The van der Waals surface area contributed by atoms with Gasteiger partial charge in [0.05, 0.1) is 11.1 Å². The Bertz CT molecular complexity index is 382. The van der Waals surface area contributed by atoms with Gasteiger partial charge in [0.15, 0.2) is 0 Å². The molecule has 4 heteroatoms. The summed E-state index contributed by atoms with van der Waals surface area (Å²) in [5.41, 5.74) is 6.11. The molecule has 1 aromatic carbocycles. The highest BCUT2D eigenvalue weighted by atomic mass is 35.5. The average Bonchev–Trinajstić information content (AvgIpc) is 2.37. The van der Waals surface area contributed by atoms with Crippen LogP contribution in [0, 0.1) is 11.7 Å². The van der Waals surface area contributed by atoms with Crippen molar-refractivity contribution in [2.24, 2.45) is 11.7 Å². The largest absolute Gasteiger partial charge is 0.392 e. The van der Waals surface area contributed by atoms with Crippen LogP contribution in [0.3, 0.4) is 0 Å². The van der Waals surface area contributed by atoms with Crippen LogP contribution in [0.4, 0.5) is 4.39 Å². The average molecular weight is 274 g/mol. The van der Waals surface area contributed by atoms with Gasteiger partial charge in [-0.3, -0.25) is 0 Å². The molecule has 0 aliphatic rings. The highest BCUT2D eigenvalue weighted by Gasteiger charge is 2.28. The fourth-order valence-corrected chi connectivity index (χ4v) is 2.54. The lowest BCUT2D eigenvalue weighted by Gasteiger charge is -2.28. The third-order valence-corrected chi connectivity index (χ3v) is 3.87. The van der Waals surface area contributed by atoms with Crippen molar-refractivity contribution in [1.29, 1.82) is 0 Å². The minimum absolute atomic E-state index is 0.0719. The van der Waals surface area contributed by atoms with Gasteiger partial charge in [0, 0.05) is 12.5 Å². The van der Waals surface area contributed by atoms with Gasteiger partial charge in [0.2, 0.25) is 0 Å². The molecule has 2 atom stereocenters. The molecule has 18 heavy (non-hydrogen) atoms. The third-order valence-electron chi connectivity index (χ3n) is 3.58. The molecule has 0 spiro atoms. The Hall–Kier alpha value is -0.640. The number of halogens is 2. The van der Waals surface area contributed by atoms with Crippen LogP contribution < -0.4 is 5.73 Å². The van der Waals surface area contributed by atoms with Crippen molar-refractivity contribution < 1.29 is 9.50 Å². The van der Waals surface area contributed by atoms with Gasteiger partial charge in [-0.25, -0.2) is 4.39 Å². The second-order valence-electron chi connectivity index (χ2n) is 4.55. The maximum Gasteiger partial charge on any atom is 0.145 e. The molecule has 0 saturated heterocycles. The quantitative estimate of drug-likeness (QED) is 0.835. The number of aliphatic hydroxyl groups is 1. The van der Waals surface area contributed by atoms with Crippen LogP contribution in [-0.4, -0.2) is 17.8 Å². The number of hydrogen-bond acceptors (Lipinski definition) is 2. The van der Waals surface area contributed by atoms with Gasteiger partial charge in [-0.15, -0.1) is 0 Å². The van der Waals surface area contributed by atoms with Crippen molar-refractivity contribution in [2.45, 2.75) is 38.7 Å². The first-order chi connectivity index (χ1) is 8.56. The predicted molar refractivity (Wildman–Crippen MR) is 73.3 cm³/mol. The molecule has 0 aliphatic carbocycles. The first kappa shape index (κ1) is 15.4. The lowest BCUT2D eigenvalue weighted by atomic mass is 9.83. The molecule has 0 aromatic heterocycles. The van der Waals surface area contributed by atoms with Crippen LogP contribution >= 0.6 is 11.6 Å². The zero-order valence-electron chi connectivity index (χ0n) is 10.9. The van der Waals surface area contributed by atoms with Crippen LogP contribution in [0.5, 0.6) is 0 Å². The van der Waals surface area contributed by atoms with E-state index in [4.69, 9.17) is 17.3 Å². The molecule has 0 aliphatic heterocycles. The van der Waals surface area contributed by atoms with Crippen LogP contribution in [-0.2, 0) is 0 Å². The monoisotopic (exact) mass is 273 g/mol. The van der Waals surface area contributed by atoms with Crippen molar-refractivity contribution in [3.63, 3.8) is 0 Å². The number of rotatable bonds is 6. The summed E-state index contributed by atoms with van der Waals surface area (Å²) < 4.78 is 14.0. The van der Waals surface area contributed by atoms with Crippen LogP contribution in [0.2, 0.25) is 5.02 Å². The van der Waals surface area contributed by atoms with Crippen LogP contribution in [0.25, 0.3) is 0 Å². The first-order valence-corrected chi connectivity index (χ1v) is 6.76. The van der Waals surface area contributed by atoms with Crippen molar-refractivity contribution in [3.8, 4) is 0 Å². The summed E-state index contributed by atoms with van der Waals surface area (Å²) in [5.74, 6) is -0.759. The summed E-state index contributed by atoms with van der Waals surface area (Å²) in [6.07, 6.45) is 1.05. The van der Waals surface area contributed by atoms with Crippen molar-refractivity contribution >= 4 is 11.6 Å². The zero-order valence-corrected chi connectivity index (χ0v) is 11.6. The second kappa shape index (κ2) is 7.07. The Morgan fingerprint density at radius 3 is 2.44 bits per heavy atom. The second-order valence-corrected chi connectivity index (χ2v) is 4.96. The lowest BCUT2D eigenvalue weighted by Crippen LogP contribution is -2.32. The van der Waals surface area contributed by atoms with Gasteiger partial charge < -0.3 is 10.8 Å². The van der Waals surface area contributed by atoms with Crippen molar-refractivity contribution in [2.75, 3.05) is 6.54 Å². The number of aliphatic hydroxyl groups excluding tert-OH is 1. The van der Waals surface area contributed by atoms with Crippen LogP contribution in [0.15, 0.2) is 18.2 Å². The molecule has 102 valence electrons. The molecule has 0 fully saturated rings. The molecular formula is C14H21ClFNO. The van der Waals surface area contributed by atoms with Gasteiger partial charge >= 0.3 is 0 Å². The maximum atomic E-state index is 14.0. The zero-order chi connectivity index (χ0) is 13.7. The number of benzene rings is 1. The molecule has 1 rings (SSSR count). The van der Waals surface area contributed by atoms with E-state index in [2.05, 4.69) is 0 Å². The van der Waals surface area contributed by atoms with E-state index < -0.39 is 17.8 Å². The van der Waals surface area contributed by atoms with E-state index in [-0.39, 0.29) is 17.5 Å². The summed E-state index contributed by atoms with van der Waals surface area (Å²) in [6, 6.07) is 4.82. The summed E-state index contributed by atoms with van der Waals surface area (Å²) in [6.45, 7) is 4.23. The van der Waals surface area contributed by atoms with Gasteiger partial charge in [-0.2, -0.15) is 0 Å². The van der Waals surface area contributed by atoms with E-state index >= 15 is 0 Å². The standard InChI is InChI=1S/C14H21ClFNO/c1-3-9(4-2)14(18)11(8-17)10-6-5-7-12(15)13(10)16/h5-7,9,11,14,18H,3-4,8,17H2,1-2H3. The third kappa shape index (κ3) is 3.22. The lowest BCUT2D eigenvalue weighted by molar-refractivity contribution is 0.0768. The van der Waals surface area contributed by atoms with Crippen molar-refractivity contribution in [3.05, 3.63) is 34.6 Å². The fraction of sp³-hybridized carbons (Fsp3) is 0.571. The normalized spacial score (nSPS) is 14.8. The molecule has 0 radical (unpaired) electrons. The first-order valence-electron chi connectivity index (χ1n) is 6.38. The molecular weight excluding hydrogens is 253 g/mol. The SMILES string of the molecule is CCC(CC)C(O)C(CN)c1cccc(Cl)c1F. The predicted octanol–water partition coefficient (Wildman–Crippen LogP) is 3.32. The molecule has 0 saturated carbocycles. The molecule has 0 heterocycles. The summed E-state index contributed by atoms with van der Waals surface area (Å²) in [4.78, 5) is 0. The Morgan fingerprint density at radius 1 is 1.33 bits per heavy atom. The Morgan fingerprint density at radius 2 is 1.94 bits per heavy atom. The molecule has 0 bridgehead atoms. The molecule has 2 nitrogen and oxygen atoms in total. The molecule has 2 unspecified atom stereocenters. The Balaban J connectivity index is 3.05. The maximum absolute atomic E-state index is 14.0. The van der Waals surface area contributed by atoms with E-state index in [0.29, 0.717) is 5.56 Å².